The molecule has 0 saturated heterocycles. The average Bonchev–Trinajstić information content (AvgIpc) is 3.37. The van der Waals surface area contributed by atoms with Crippen LogP contribution in [0.4, 0.5) is 9.18 Å². The molecule has 1 amide bonds. The minimum atomic E-state index is -4.37. The predicted molar refractivity (Wildman–Crippen MR) is 114 cm³/mol. The number of aliphatic hydroxyl groups is 1. The molecule has 0 aliphatic carbocycles. The highest BCUT2D eigenvalue weighted by atomic mass is 32.2. The molecule has 0 spiro atoms. The molecule has 0 radical (unpaired) electrons. The fourth-order valence-corrected chi connectivity index (χ4v) is 4.86. The van der Waals surface area contributed by atoms with Crippen LogP contribution in [0.15, 0.2) is 42.6 Å². The van der Waals surface area contributed by atoms with Crippen molar-refractivity contribution in [3.05, 3.63) is 54.1 Å². The van der Waals surface area contributed by atoms with E-state index >= 15 is 0 Å². The number of fused-ring (bicyclic) bond motifs is 1. The summed E-state index contributed by atoms with van der Waals surface area (Å²) in [7, 11) is -2.89. The number of amides is 1. The summed E-state index contributed by atoms with van der Waals surface area (Å²) in [5.74, 6) is 0.0386. The van der Waals surface area contributed by atoms with Crippen molar-refractivity contribution in [2.24, 2.45) is 0 Å². The number of aromatic amines is 1. The van der Waals surface area contributed by atoms with E-state index in [0.29, 0.717) is 39.2 Å². The van der Waals surface area contributed by atoms with Crippen LogP contribution in [0.5, 0.6) is 5.75 Å². The lowest BCUT2D eigenvalue weighted by atomic mass is 10.0. The number of aromatic nitrogens is 2. The maximum absolute atomic E-state index is 13.9. The number of hydrogen-bond donors (Lipinski definition) is 4. The van der Waals surface area contributed by atoms with Gasteiger partial charge >= 0.3 is 16.3 Å². The van der Waals surface area contributed by atoms with E-state index < -0.39 is 34.8 Å². The molecule has 0 unspecified atom stereocenters. The molecule has 4 rings (SSSR count). The average molecular weight is 462 g/mol. The van der Waals surface area contributed by atoms with E-state index in [1.165, 1.54) is 36.1 Å². The van der Waals surface area contributed by atoms with Crippen molar-refractivity contribution in [3.63, 3.8) is 0 Å². The van der Waals surface area contributed by atoms with Gasteiger partial charge in [0.25, 0.3) is 0 Å². The second-order valence-electron chi connectivity index (χ2n) is 7.05. The normalized spacial score (nSPS) is 16.8. The van der Waals surface area contributed by atoms with Gasteiger partial charge in [0.1, 0.15) is 17.2 Å². The quantitative estimate of drug-likeness (QED) is 0.438. The minimum absolute atomic E-state index is 0.167. The molecule has 2 aromatic heterocycles. The van der Waals surface area contributed by atoms with Crippen molar-refractivity contribution >= 4 is 32.9 Å². The second kappa shape index (κ2) is 8.22. The molecule has 10 nitrogen and oxygen atoms in total. The smallest absolute Gasteiger partial charge is 0.419 e. The summed E-state index contributed by atoms with van der Waals surface area (Å²) in [5, 5.41) is 19.1. The Morgan fingerprint density at radius 1 is 1.34 bits per heavy atom. The van der Waals surface area contributed by atoms with Crippen molar-refractivity contribution in [3.8, 4) is 16.9 Å². The molecule has 0 fully saturated rings. The molecular weight excluding hydrogens is 443 g/mol. The molecule has 32 heavy (non-hydrogen) atoms. The summed E-state index contributed by atoms with van der Waals surface area (Å²) >= 11 is 0. The van der Waals surface area contributed by atoms with E-state index in [0.717, 1.165) is 4.31 Å². The molecule has 12 heteroatoms. The zero-order valence-electron chi connectivity index (χ0n) is 16.7. The van der Waals surface area contributed by atoms with E-state index in [-0.39, 0.29) is 6.54 Å². The molecule has 0 saturated carbocycles. The third-order valence-corrected chi connectivity index (χ3v) is 6.58. The Balaban J connectivity index is 1.76. The van der Waals surface area contributed by atoms with Crippen LogP contribution in [0, 0.1) is 5.82 Å². The second-order valence-corrected chi connectivity index (χ2v) is 8.67. The van der Waals surface area contributed by atoms with Gasteiger partial charge in [-0.15, -0.1) is 0 Å². The third-order valence-electron chi connectivity index (χ3n) is 5.13. The number of ether oxygens (including phenoxy) is 1. The van der Waals surface area contributed by atoms with Gasteiger partial charge < -0.3 is 19.9 Å². The van der Waals surface area contributed by atoms with Gasteiger partial charge in [-0.1, -0.05) is 6.08 Å². The largest absolute Gasteiger partial charge is 0.496 e. The van der Waals surface area contributed by atoms with Crippen molar-refractivity contribution in [1.82, 2.24) is 19.0 Å². The summed E-state index contributed by atoms with van der Waals surface area (Å²) in [5.41, 5.74) is 2.71. The summed E-state index contributed by atoms with van der Waals surface area (Å²) < 4.78 is 46.2. The highest BCUT2D eigenvalue weighted by Crippen LogP contribution is 2.37. The fourth-order valence-electron chi connectivity index (χ4n) is 3.73. The molecule has 3 heterocycles. The van der Waals surface area contributed by atoms with Gasteiger partial charge in [0.2, 0.25) is 0 Å². The number of nitrogens with one attached hydrogen (secondary N) is 2. The van der Waals surface area contributed by atoms with Crippen LogP contribution < -0.4 is 9.46 Å². The van der Waals surface area contributed by atoms with Gasteiger partial charge in [0, 0.05) is 29.4 Å². The van der Waals surface area contributed by atoms with Crippen LogP contribution in [0.25, 0.3) is 27.7 Å². The Morgan fingerprint density at radius 2 is 2.12 bits per heavy atom. The first kappa shape index (κ1) is 21.7. The van der Waals surface area contributed by atoms with Crippen molar-refractivity contribution in [2.75, 3.05) is 20.3 Å². The molecule has 3 aromatic rings. The zero-order chi connectivity index (χ0) is 23.0. The number of carboxylic acid groups (broad SMARTS) is 1. The molecule has 1 aliphatic rings. The Kier molecular flexibility index (Phi) is 5.59. The van der Waals surface area contributed by atoms with Gasteiger partial charge in [-0.2, -0.15) is 12.7 Å². The first-order chi connectivity index (χ1) is 15.2. The third kappa shape index (κ3) is 3.90. The maximum atomic E-state index is 13.9. The standard InChI is InChI=1S/C20H19FN4O6S/c1-31-18-3-2-12(21)7-15(18)14-4-5-22-19-16(14)8-17(23-19)11-6-13(10-26)25(9-11)32(29,30)24-20(27)28/h2-8,13,24,26H,9-10H2,1H3,(H,22,23)(H,27,28)/t13-/m0/s1. The molecule has 0 bridgehead atoms. The molecule has 1 aromatic carbocycles. The Hall–Kier alpha value is -3.48. The lowest BCUT2D eigenvalue weighted by molar-refractivity contribution is 0.198. The Bertz CT molecular complexity index is 1340. The number of nitrogens with zero attached hydrogens (tertiary/aromatic N) is 2. The minimum Gasteiger partial charge on any atom is -0.496 e. The molecule has 168 valence electrons. The first-order valence-corrected chi connectivity index (χ1v) is 10.8. The number of H-pyrrole nitrogens is 1. The van der Waals surface area contributed by atoms with Crippen LogP contribution in [0.3, 0.4) is 0 Å². The fraction of sp³-hybridized carbons (Fsp3) is 0.200. The van der Waals surface area contributed by atoms with Crippen molar-refractivity contribution < 1.29 is 32.6 Å². The highest BCUT2D eigenvalue weighted by molar-refractivity contribution is 7.87. The van der Waals surface area contributed by atoms with E-state index in [4.69, 9.17) is 9.84 Å². The number of rotatable bonds is 6. The molecule has 1 aliphatic heterocycles. The van der Waals surface area contributed by atoms with Gasteiger partial charge in [-0.25, -0.2) is 18.9 Å². The van der Waals surface area contributed by atoms with E-state index in [9.17, 15) is 22.7 Å². The van der Waals surface area contributed by atoms with Crippen LogP contribution in [0.1, 0.15) is 5.69 Å². The monoisotopic (exact) mass is 462 g/mol. The van der Waals surface area contributed by atoms with Crippen molar-refractivity contribution in [1.29, 1.82) is 0 Å². The summed E-state index contributed by atoms with van der Waals surface area (Å²) in [6.07, 6.45) is 1.36. The van der Waals surface area contributed by atoms with Crippen molar-refractivity contribution in [2.45, 2.75) is 6.04 Å². The van der Waals surface area contributed by atoms with Crippen LogP contribution in [0.2, 0.25) is 0 Å². The SMILES string of the molecule is COc1ccc(F)cc1-c1ccnc2[nH]c(C3=C[C@@H](CO)N(S(=O)(=O)NC(=O)O)C3)cc12. The van der Waals surface area contributed by atoms with E-state index in [1.54, 1.807) is 18.3 Å². The van der Waals surface area contributed by atoms with E-state index in [2.05, 4.69) is 9.97 Å². The molecule has 1 atom stereocenters. The Labute approximate surface area is 182 Å². The predicted octanol–water partition coefficient (Wildman–Crippen LogP) is 1.95. The van der Waals surface area contributed by atoms with Crippen LogP contribution in [-0.2, 0) is 10.2 Å². The topological polar surface area (TPSA) is 145 Å². The zero-order valence-corrected chi connectivity index (χ0v) is 17.6. The first-order valence-electron chi connectivity index (χ1n) is 9.39. The molecule has 4 N–H and O–H groups in total. The number of hydrogen-bond acceptors (Lipinski definition) is 6. The number of aliphatic hydroxyl groups excluding tert-OH is 1. The maximum Gasteiger partial charge on any atom is 0.419 e. The summed E-state index contributed by atoms with van der Waals surface area (Å²) in [6.45, 7) is -0.701. The lowest BCUT2D eigenvalue weighted by Gasteiger charge is -2.21. The number of carbonyl (C=O) groups is 1. The number of benzene rings is 1. The van der Waals surface area contributed by atoms with E-state index in [1.807, 2.05) is 0 Å². The number of pyridine rings is 1. The summed E-state index contributed by atoms with van der Waals surface area (Å²) in [6, 6.07) is 6.68. The van der Waals surface area contributed by atoms with Crippen LogP contribution in [-0.4, -0.2) is 65.3 Å². The summed E-state index contributed by atoms with van der Waals surface area (Å²) in [4.78, 5) is 18.2. The number of methoxy groups -OCH3 is 1. The Morgan fingerprint density at radius 3 is 2.81 bits per heavy atom. The number of halogens is 1. The van der Waals surface area contributed by atoms with Gasteiger partial charge in [-0.3, -0.25) is 0 Å². The van der Waals surface area contributed by atoms with Gasteiger partial charge in [-0.05, 0) is 41.5 Å². The van der Waals surface area contributed by atoms with Gasteiger partial charge in [0.15, 0.2) is 0 Å². The molecular formula is C20H19FN4O6S. The van der Waals surface area contributed by atoms with Gasteiger partial charge in [0.05, 0.1) is 19.8 Å². The lowest BCUT2D eigenvalue weighted by Crippen LogP contribution is -2.46. The van der Waals surface area contributed by atoms with Crippen LogP contribution >= 0.6 is 0 Å². The highest BCUT2D eigenvalue weighted by Gasteiger charge is 2.36.